The van der Waals surface area contributed by atoms with Crippen molar-refractivity contribution < 1.29 is 50.0 Å². The van der Waals surface area contributed by atoms with Gasteiger partial charge in [-0.25, -0.2) is 0 Å². The molecule has 0 radical (unpaired) electrons. The predicted octanol–water partition coefficient (Wildman–Crippen LogP) is -4.53. The van der Waals surface area contributed by atoms with E-state index >= 15 is 0 Å². The number of carbonyl (C=O) groups is 1. The summed E-state index contributed by atoms with van der Waals surface area (Å²) in [7, 11) is 0. The van der Waals surface area contributed by atoms with Crippen LogP contribution >= 0.6 is 0 Å². The van der Waals surface area contributed by atoms with Crippen molar-refractivity contribution in [1.29, 1.82) is 0 Å². The highest BCUT2D eigenvalue weighted by atomic mass is 16.7. The molecule has 7 N–H and O–H groups in total. The Balaban J connectivity index is 2.89. The molecule has 1 saturated heterocycles. The second-order valence-electron chi connectivity index (χ2n) is 5.16. The Morgan fingerprint density at radius 3 is 2.18 bits per heavy atom. The summed E-state index contributed by atoms with van der Waals surface area (Å²) in [6.45, 7) is 0.497. The molecular formula is C12H22O10. The van der Waals surface area contributed by atoms with Crippen LogP contribution in [0, 0.1) is 0 Å². The number of aldehydes is 1. The highest BCUT2D eigenvalue weighted by molar-refractivity contribution is 5.56. The van der Waals surface area contributed by atoms with Gasteiger partial charge in [0.2, 0.25) is 0 Å². The quantitative estimate of drug-likeness (QED) is 0.225. The second-order valence-corrected chi connectivity index (χ2v) is 5.16. The second kappa shape index (κ2) is 8.24. The van der Waals surface area contributed by atoms with Crippen LogP contribution < -0.4 is 0 Å². The minimum Gasteiger partial charge on any atom is -0.394 e. The van der Waals surface area contributed by atoms with Crippen LogP contribution in [0.15, 0.2) is 0 Å². The fourth-order valence-corrected chi connectivity index (χ4v) is 2.05. The van der Waals surface area contributed by atoms with E-state index in [0.29, 0.717) is 0 Å². The van der Waals surface area contributed by atoms with E-state index in [1.165, 1.54) is 6.92 Å². The van der Waals surface area contributed by atoms with Crippen LogP contribution in [-0.2, 0) is 14.3 Å². The van der Waals surface area contributed by atoms with Crippen molar-refractivity contribution in [3.8, 4) is 0 Å². The van der Waals surface area contributed by atoms with Crippen molar-refractivity contribution in [2.45, 2.75) is 62.0 Å². The molecule has 10 nitrogen and oxygen atoms in total. The topological polar surface area (TPSA) is 177 Å². The van der Waals surface area contributed by atoms with E-state index in [4.69, 9.17) is 14.6 Å². The molecule has 0 unspecified atom stereocenters. The molecule has 22 heavy (non-hydrogen) atoms. The van der Waals surface area contributed by atoms with Crippen molar-refractivity contribution in [3.05, 3.63) is 0 Å². The van der Waals surface area contributed by atoms with Crippen molar-refractivity contribution in [2.24, 2.45) is 0 Å². The molecular weight excluding hydrogens is 304 g/mol. The summed E-state index contributed by atoms with van der Waals surface area (Å²) in [6, 6.07) is 0. The van der Waals surface area contributed by atoms with Crippen LogP contribution in [0.5, 0.6) is 0 Å². The summed E-state index contributed by atoms with van der Waals surface area (Å²) in [5, 5.41) is 66.7. The monoisotopic (exact) mass is 326 g/mol. The Hall–Kier alpha value is -0.690. The summed E-state index contributed by atoms with van der Waals surface area (Å²) in [6.07, 6.45) is -14.5. The molecule has 0 spiro atoms. The van der Waals surface area contributed by atoms with Crippen LogP contribution in [0.3, 0.4) is 0 Å². The smallest absolute Gasteiger partial charge is 0.187 e. The van der Waals surface area contributed by atoms with E-state index in [2.05, 4.69) is 0 Å². The fraction of sp³-hybridized carbons (Fsp3) is 0.917. The Morgan fingerprint density at radius 1 is 1.14 bits per heavy atom. The summed E-state index contributed by atoms with van der Waals surface area (Å²) in [5.74, 6) is 0. The third-order valence-electron chi connectivity index (χ3n) is 3.45. The Kier molecular flexibility index (Phi) is 7.25. The van der Waals surface area contributed by atoms with Crippen molar-refractivity contribution in [1.82, 2.24) is 0 Å². The third kappa shape index (κ3) is 4.19. The van der Waals surface area contributed by atoms with Gasteiger partial charge in [-0.2, -0.15) is 0 Å². The van der Waals surface area contributed by atoms with Gasteiger partial charge in [0.05, 0.1) is 12.7 Å². The van der Waals surface area contributed by atoms with Crippen LogP contribution in [-0.4, -0.2) is 104 Å². The van der Waals surface area contributed by atoms with Crippen molar-refractivity contribution in [2.75, 3.05) is 6.61 Å². The highest BCUT2D eigenvalue weighted by Crippen LogP contribution is 2.24. The van der Waals surface area contributed by atoms with Crippen molar-refractivity contribution >= 4 is 6.29 Å². The minimum absolute atomic E-state index is 0.0558. The Morgan fingerprint density at radius 2 is 1.73 bits per heavy atom. The molecule has 0 aromatic carbocycles. The van der Waals surface area contributed by atoms with Gasteiger partial charge in [-0.3, -0.25) is 0 Å². The number of hydrogen-bond donors (Lipinski definition) is 7. The lowest BCUT2D eigenvalue weighted by Crippen LogP contribution is -2.61. The average Bonchev–Trinajstić information content (AvgIpc) is 2.50. The molecule has 0 aliphatic carbocycles. The predicted molar refractivity (Wildman–Crippen MR) is 68.4 cm³/mol. The zero-order valence-corrected chi connectivity index (χ0v) is 11.8. The van der Waals surface area contributed by atoms with Gasteiger partial charge in [0.15, 0.2) is 12.6 Å². The average molecular weight is 326 g/mol. The lowest BCUT2D eigenvalue weighted by molar-refractivity contribution is -0.324. The first-order valence-corrected chi connectivity index (χ1v) is 6.70. The lowest BCUT2D eigenvalue weighted by Gasteiger charge is -2.41. The zero-order valence-electron chi connectivity index (χ0n) is 11.8. The number of aliphatic hydroxyl groups excluding tert-OH is 7. The van der Waals surface area contributed by atoms with Gasteiger partial charge in [-0.1, -0.05) is 0 Å². The molecule has 1 fully saturated rings. The van der Waals surface area contributed by atoms with Gasteiger partial charge >= 0.3 is 0 Å². The standard InChI is InChI=1S/C12H22O10/c1-4(15)7(17)11(5(16)2-13)22-12-10(20)9(19)8(18)6(3-14)21-12/h2,4-12,14-20H,3H2,1H3/t4-,5+,6-,7-,8+,9+,10-,11-,12+/m1/s1. The molecule has 1 rings (SSSR count). The van der Waals surface area contributed by atoms with Gasteiger partial charge < -0.3 is 50.0 Å². The van der Waals surface area contributed by atoms with Gasteiger partial charge in [0, 0.05) is 0 Å². The zero-order chi connectivity index (χ0) is 17.0. The molecule has 0 bridgehead atoms. The molecule has 0 amide bonds. The van der Waals surface area contributed by atoms with Gasteiger partial charge in [0.25, 0.3) is 0 Å². The molecule has 9 atom stereocenters. The number of hydrogen-bond acceptors (Lipinski definition) is 10. The SMILES string of the molecule is C[C@@H](O)[C@@H](O)[C@H](O[C@@H]1O[C@H](CO)[C@H](O)[C@H](O)[C@H]1O)[C@@H](O)C=O. The minimum atomic E-state index is -1.84. The molecule has 10 heteroatoms. The summed E-state index contributed by atoms with van der Waals surface area (Å²) in [4.78, 5) is 10.7. The molecule has 0 saturated carbocycles. The van der Waals surface area contributed by atoms with E-state index in [-0.39, 0.29) is 6.29 Å². The van der Waals surface area contributed by atoms with Crippen LogP contribution in [0.4, 0.5) is 0 Å². The molecule has 1 aliphatic rings. The van der Waals surface area contributed by atoms with Crippen molar-refractivity contribution in [3.63, 3.8) is 0 Å². The molecule has 130 valence electrons. The lowest BCUT2D eigenvalue weighted by atomic mass is 9.98. The van der Waals surface area contributed by atoms with E-state index in [0.717, 1.165) is 0 Å². The molecule has 0 aromatic rings. The maximum absolute atomic E-state index is 10.7. The van der Waals surface area contributed by atoms with E-state index in [9.17, 15) is 35.4 Å². The van der Waals surface area contributed by atoms with E-state index in [1.807, 2.05) is 0 Å². The number of ether oxygens (including phenoxy) is 2. The fourth-order valence-electron chi connectivity index (χ4n) is 2.05. The van der Waals surface area contributed by atoms with Gasteiger partial charge in [-0.15, -0.1) is 0 Å². The number of carbonyl (C=O) groups excluding carboxylic acids is 1. The van der Waals surface area contributed by atoms with Gasteiger partial charge in [-0.05, 0) is 6.92 Å². The Bertz CT molecular complexity index is 349. The molecule has 0 aromatic heterocycles. The number of aliphatic hydroxyl groups is 7. The first-order chi connectivity index (χ1) is 10.2. The first kappa shape index (κ1) is 19.4. The van der Waals surface area contributed by atoms with Crippen LogP contribution in [0.25, 0.3) is 0 Å². The van der Waals surface area contributed by atoms with E-state index in [1.54, 1.807) is 0 Å². The van der Waals surface area contributed by atoms with E-state index < -0.39 is 61.7 Å². The number of rotatable bonds is 7. The molecule has 1 heterocycles. The summed E-state index contributed by atoms with van der Waals surface area (Å²) < 4.78 is 10.1. The molecule has 1 aliphatic heterocycles. The summed E-state index contributed by atoms with van der Waals surface area (Å²) in [5.41, 5.74) is 0. The van der Waals surface area contributed by atoms with Gasteiger partial charge in [0.1, 0.15) is 42.7 Å². The van der Waals surface area contributed by atoms with Crippen LogP contribution in [0.1, 0.15) is 6.92 Å². The first-order valence-electron chi connectivity index (χ1n) is 6.70. The van der Waals surface area contributed by atoms with Crippen LogP contribution in [0.2, 0.25) is 0 Å². The maximum Gasteiger partial charge on any atom is 0.187 e. The third-order valence-corrected chi connectivity index (χ3v) is 3.45. The highest BCUT2D eigenvalue weighted by Gasteiger charge is 2.46. The maximum atomic E-state index is 10.7. The normalized spacial score (nSPS) is 38.1. The Labute approximate surface area is 126 Å². The summed E-state index contributed by atoms with van der Waals surface area (Å²) >= 11 is 0. The largest absolute Gasteiger partial charge is 0.394 e.